The first-order valence-corrected chi connectivity index (χ1v) is 7.68. The molecular formula is C15H15F6NO3. The summed E-state index contributed by atoms with van der Waals surface area (Å²) in [6.45, 7) is -0.657. The van der Waals surface area contributed by atoms with Gasteiger partial charge in [0.2, 0.25) is 0 Å². The third kappa shape index (κ3) is 3.22. The van der Waals surface area contributed by atoms with Crippen molar-refractivity contribution >= 4 is 0 Å². The van der Waals surface area contributed by atoms with Crippen LogP contribution in [0.1, 0.15) is 47.0 Å². The van der Waals surface area contributed by atoms with E-state index in [1.165, 1.54) is 0 Å². The third-order valence-electron chi connectivity index (χ3n) is 4.55. The zero-order valence-electron chi connectivity index (χ0n) is 12.8. The van der Waals surface area contributed by atoms with Gasteiger partial charge in [0.15, 0.2) is 0 Å². The van der Waals surface area contributed by atoms with Gasteiger partial charge in [-0.2, -0.15) is 26.3 Å². The summed E-state index contributed by atoms with van der Waals surface area (Å²) < 4.78 is 85.7. The van der Waals surface area contributed by atoms with E-state index in [0.29, 0.717) is 0 Å². The smallest absolute Gasteiger partial charge is 0.394 e. The van der Waals surface area contributed by atoms with Crippen LogP contribution < -0.4 is 0 Å². The van der Waals surface area contributed by atoms with Gasteiger partial charge in [-0.3, -0.25) is 0 Å². The lowest BCUT2D eigenvalue weighted by Crippen LogP contribution is -2.24. The minimum atomic E-state index is -4.90. The highest BCUT2D eigenvalue weighted by atomic mass is 19.4. The van der Waals surface area contributed by atoms with Crippen LogP contribution in [0.4, 0.5) is 26.3 Å². The van der Waals surface area contributed by atoms with E-state index in [1.807, 2.05) is 0 Å². The van der Waals surface area contributed by atoms with Crippen molar-refractivity contribution in [1.82, 2.24) is 4.98 Å². The van der Waals surface area contributed by atoms with Gasteiger partial charge in [-0.15, -0.1) is 0 Å². The van der Waals surface area contributed by atoms with Crippen LogP contribution in [-0.2, 0) is 29.9 Å². The van der Waals surface area contributed by atoms with Crippen molar-refractivity contribution in [3.63, 3.8) is 0 Å². The number of aliphatic hydroxyl groups excluding tert-OH is 2. The Morgan fingerprint density at radius 3 is 2.20 bits per heavy atom. The molecule has 1 fully saturated rings. The molecule has 25 heavy (non-hydrogen) atoms. The van der Waals surface area contributed by atoms with Crippen molar-refractivity contribution in [2.75, 3.05) is 6.61 Å². The van der Waals surface area contributed by atoms with E-state index in [-0.39, 0.29) is 25.7 Å². The normalized spacial score (nSPS) is 27.0. The second-order valence-electron chi connectivity index (χ2n) is 6.18. The highest BCUT2D eigenvalue weighted by Gasteiger charge is 2.48. The summed E-state index contributed by atoms with van der Waals surface area (Å²) in [6, 6.07) is 0. The topological polar surface area (TPSA) is 62.6 Å². The minimum Gasteiger partial charge on any atom is -0.394 e. The zero-order chi connectivity index (χ0) is 18.6. The molecule has 0 aromatic carbocycles. The Hall–Kier alpha value is -1.39. The molecule has 4 nitrogen and oxygen atoms in total. The van der Waals surface area contributed by atoms with Crippen molar-refractivity contribution in [3.05, 3.63) is 28.1 Å². The van der Waals surface area contributed by atoms with E-state index < -0.39 is 65.3 Å². The van der Waals surface area contributed by atoms with Gasteiger partial charge in [0.25, 0.3) is 0 Å². The van der Waals surface area contributed by atoms with Gasteiger partial charge in [0, 0.05) is 6.42 Å². The van der Waals surface area contributed by atoms with Gasteiger partial charge in [0.1, 0.15) is 17.9 Å². The molecule has 1 aliphatic carbocycles. The van der Waals surface area contributed by atoms with Crippen molar-refractivity contribution in [2.24, 2.45) is 0 Å². The van der Waals surface area contributed by atoms with E-state index >= 15 is 0 Å². The fraction of sp³-hybridized carbons (Fsp3) is 0.667. The molecule has 3 atom stereocenters. The van der Waals surface area contributed by atoms with Crippen molar-refractivity contribution in [1.29, 1.82) is 0 Å². The van der Waals surface area contributed by atoms with E-state index in [9.17, 15) is 31.4 Å². The van der Waals surface area contributed by atoms with E-state index in [2.05, 4.69) is 4.98 Å². The molecular weight excluding hydrogens is 356 g/mol. The van der Waals surface area contributed by atoms with Crippen LogP contribution in [0.15, 0.2) is 0 Å². The second-order valence-corrected chi connectivity index (χ2v) is 6.18. The number of nitrogens with zero attached hydrogens (tertiary/aromatic N) is 1. The van der Waals surface area contributed by atoms with Gasteiger partial charge in [-0.25, -0.2) is 4.98 Å². The van der Waals surface area contributed by atoms with E-state index in [1.54, 1.807) is 0 Å². The fourth-order valence-electron chi connectivity index (χ4n) is 3.53. The minimum absolute atomic E-state index is 0.117. The van der Waals surface area contributed by atoms with Crippen LogP contribution >= 0.6 is 0 Å². The van der Waals surface area contributed by atoms with E-state index in [4.69, 9.17) is 9.84 Å². The Morgan fingerprint density at radius 1 is 1.04 bits per heavy atom. The largest absolute Gasteiger partial charge is 0.433 e. The molecule has 0 spiro atoms. The Bertz CT molecular complexity index is 673. The molecule has 0 unspecified atom stereocenters. The third-order valence-corrected chi connectivity index (χ3v) is 4.55. The summed E-state index contributed by atoms with van der Waals surface area (Å²) in [5, 5.41) is 18.8. The monoisotopic (exact) mass is 371 g/mol. The van der Waals surface area contributed by atoms with Crippen molar-refractivity contribution in [2.45, 2.75) is 56.3 Å². The number of hydrogen-bond acceptors (Lipinski definition) is 4. The summed E-state index contributed by atoms with van der Waals surface area (Å²) in [5.41, 5.74) is -4.20. The molecule has 140 valence electrons. The SMILES string of the molecule is OC[C@H]1O[C@H](c2nc(C(F)(F)F)c3c(c2C(F)(F)F)CCC3)C[C@@H]1O. The lowest BCUT2D eigenvalue weighted by Gasteiger charge is -2.23. The Kier molecular flexibility index (Phi) is 4.49. The molecule has 0 radical (unpaired) electrons. The summed E-state index contributed by atoms with van der Waals surface area (Å²) in [5.74, 6) is 0. The van der Waals surface area contributed by atoms with E-state index in [0.717, 1.165) is 0 Å². The number of aliphatic hydroxyl groups is 2. The molecule has 0 bridgehead atoms. The van der Waals surface area contributed by atoms with Crippen LogP contribution in [0.25, 0.3) is 0 Å². The standard InChI is InChI=1S/C15H15F6NO3/c16-14(17,18)11-6-2-1-3-7(6)13(15(19,20)21)22-12(11)9-4-8(24)10(5-23)25-9/h8-10,23-24H,1-5H2/t8-,9-,10+/m0/s1. The summed E-state index contributed by atoms with van der Waals surface area (Å²) in [7, 11) is 0. The first-order chi connectivity index (χ1) is 11.5. The lowest BCUT2D eigenvalue weighted by molar-refractivity contribution is -0.147. The highest BCUT2D eigenvalue weighted by Crippen LogP contribution is 2.47. The predicted molar refractivity (Wildman–Crippen MR) is 71.6 cm³/mol. The van der Waals surface area contributed by atoms with Crippen LogP contribution in [0.5, 0.6) is 0 Å². The maximum atomic E-state index is 13.6. The number of ether oxygens (including phenoxy) is 1. The lowest BCUT2D eigenvalue weighted by atomic mass is 9.95. The zero-order valence-corrected chi connectivity index (χ0v) is 12.8. The van der Waals surface area contributed by atoms with Crippen molar-refractivity contribution in [3.8, 4) is 0 Å². The number of fused-ring (bicyclic) bond motifs is 1. The van der Waals surface area contributed by atoms with Gasteiger partial charge in [-0.05, 0) is 30.4 Å². The number of rotatable bonds is 2. The molecule has 2 heterocycles. The number of alkyl halides is 6. The maximum absolute atomic E-state index is 13.6. The number of halogens is 6. The van der Waals surface area contributed by atoms with Crippen LogP contribution in [0, 0.1) is 0 Å². The molecule has 2 aliphatic rings. The molecule has 0 amide bonds. The van der Waals surface area contributed by atoms with Gasteiger partial charge in [-0.1, -0.05) is 0 Å². The summed E-state index contributed by atoms with van der Waals surface area (Å²) in [6.07, 6.45) is -14.1. The molecule has 1 aromatic heterocycles. The fourth-order valence-corrected chi connectivity index (χ4v) is 3.53. The van der Waals surface area contributed by atoms with Crippen LogP contribution in [0.3, 0.4) is 0 Å². The van der Waals surface area contributed by atoms with Crippen LogP contribution in [-0.4, -0.2) is 34.0 Å². The van der Waals surface area contributed by atoms with Crippen LogP contribution in [0.2, 0.25) is 0 Å². The van der Waals surface area contributed by atoms with Gasteiger partial charge >= 0.3 is 12.4 Å². The summed E-state index contributed by atoms with van der Waals surface area (Å²) >= 11 is 0. The summed E-state index contributed by atoms with van der Waals surface area (Å²) in [4.78, 5) is 3.30. The predicted octanol–water partition coefficient (Wildman–Crippen LogP) is 2.79. The molecule has 1 saturated heterocycles. The van der Waals surface area contributed by atoms with Gasteiger partial charge < -0.3 is 14.9 Å². The molecule has 3 rings (SSSR count). The Morgan fingerprint density at radius 2 is 1.68 bits per heavy atom. The molecule has 1 aliphatic heterocycles. The number of aromatic nitrogens is 1. The Balaban J connectivity index is 2.20. The average molecular weight is 371 g/mol. The van der Waals surface area contributed by atoms with Crippen molar-refractivity contribution < 1.29 is 41.3 Å². The highest BCUT2D eigenvalue weighted by molar-refractivity contribution is 5.47. The quantitative estimate of drug-likeness (QED) is 0.785. The second kappa shape index (κ2) is 6.10. The molecule has 10 heteroatoms. The number of pyridine rings is 1. The average Bonchev–Trinajstić information content (AvgIpc) is 3.09. The number of hydrogen-bond donors (Lipinski definition) is 2. The maximum Gasteiger partial charge on any atom is 0.433 e. The molecule has 2 N–H and O–H groups in total. The molecule has 0 saturated carbocycles. The first kappa shape index (κ1) is 18.4. The van der Waals surface area contributed by atoms with Gasteiger partial charge in [0.05, 0.1) is 24.0 Å². The molecule has 1 aromatic rings. The first-order valence-electron chi connectivity index (χ1n) is 7.68. The Labute approximate surface area is 138 Å².